The molecule has 0 radical (unpaired) electrons. The molecular weight excluding hydrogens is 682 g/mol. The third-order valence-corrected chi connectivity index (χ3v) is 12.2. The number of fused-ring (bicyclic) bond motifs is 2. The summed E-state index contributed by atoms with van der Waals surface area (Å²) in [6, 6.07) is 6.15. The smallest absolute Gasteiger partial charge is 0.319 e. The zero-order valence-corrected chi connectivity index (χ0v) is 28.3. The van der Waals surface area contributed by atoms with E-state index in [1.165, 1.54) is 12.1 Å². The quantitative estimate of drug-likeness (QED) is 0.223. The van der Waals surface area contributed by atoms with Gasteiger partial charge in [0, 0.05) is 48.4 Å². The molecule has 1 spiro atoms. The third kappa shape index (κ3) is 4.99. The van der Waals surface area contributed by atoms with Gasteiger partial charge in [0.2, 0.25) is 5.91 Å². The molecule has 15 heteroatoms. The number of nitrogens with two attached hydrogens (primary N) is 1. The Morgan fingerprint density at radius 3 is 2.63 bits per heavy atom. The van der Waals surface area contributed by atoms with Gasteiger partial charge in [-0.15, -0.1) is 11.3 Å². The van der Waals surface area contributed by atoms with Crippen LogP contribution in [0.1, 0.15) is 44.6 Å². The number of likely N-dealkylation sites (tertiary alicyclic amines) is 2. The molecule has 0 bridgehead atoms. The van der Waals surface area contributed by atoms with E-state index in [4.69, 9.17) is 27.1 Å². The van der Waals surface area contributed by atoms with Crippen molar-refractivity contribution < 1.29 is 27.1 Å². The molecule has 8 rings (SSSR count). The minimum Gasteiger partial charge on any atom is -0.459 e. The topological polar surface area (TPSA) is 112 Å². The van der Waals surface area contributed by atoms with Crippen LogP contribution in [0.2, 0.25) is 5.02 Å². The summed E-state index contributed by atoms with van der Waals surface area (Å²) in [4.78, 5) is 28.0. The molecule has 4 fully saturated rings. The fourth-order valence-corrected chi connectivity index (χ4v) is 9.24. The number of carbonyl (C=O) groups is 1. The first-order valence-electron chi connectivity index (χ1n) is 16.3. The van der Waals surface area contributed by atoms with Gasteiger partial charge in [-0.05, 0) is 63.9 Å². The van der Waals surface area contributed by atoms with Gasteiger partial charge in [-0.3, -0.25) is 9.69 Å². The zero-order valence-electron chi connectivity index (χ0n) is 26.7. The van der Waals surface area contributed by atoms with Crippen molar-refractivity contribution in [2.45, 2.75) is 62.6 Å². The average molecular weight is 714 g/mol. The van der Waals surface area contributed by atoms with Crippen LogP contribution in [0.5, 0.6) is 6.01 Å². The first-order valence-corrected chi connectivity index (χ1v) is 17.4. The van der Waals surface area contributed by atoms with E-state index >= 15 is 4.39 Å². The lowest BCUT2D eigenvalue weighted by Gasteiger charge is -2.50. The molecule has 3 unspecified atom stereocenters. The molecular formula is C34H32ClF4N7O2S. The van der Waals surface area contributed by atoms with Crippen molar-refractivity contribution >= 4 is 60.7 Å². The highest BCUT2D eigenvalue weighted by molar-refractivity contribution is 7.23. The third-order valence-electron chi connectivity index (χ3n) is 10.8. The number of likely N-dealkylation sites (N-methyl/N-ethyl adjacent to an activating group) is 1. The number of amides is 1. The van der Waals surface area contributed by atoms with E-state index in [-0.39, 0.29) is 65.9 Å². The Morgan fingerprint density at radius 2 is 1.98 bits per heavy atom. The second-order valence-corrected chi connectivity index (χ2v) is 15.2. The van der Waals surface area contributed by atoms with Crippen LogP contribution in [0.4, 0.5) is 28.4 Å². The lowest BCUT2D eigenvalue weighted by Crippen LogP contribution is -2.64. The Morgan fingerprint density at radius 1 is 1.22 bits per heavy atom. The van der Waals surface area contributed by atoms with E-state index in [2.05, 4.69) is 9.88 Å². The van der Waals surface area contributed by atoms with E-state index in [0.29, 0.717) is 38.3 Å². The van der Waals surface area contributed by atoms with Crippen molar-refractivity contribution in [3.8, 4) is 23.2 Å². The van der Waals surface area contributed by atoms with Gasteiger partial charge in [-0.25, -0.2) is 17.6 Å². The molecule has 1 aliphatic carbocycles. The molecule has 1 amide bonds. The summed E-state index contributed by atoms with van der Waals surface area (Å²) in [5.74, 6) is -5.84. The number of nitrogens with zero attached hydrogens (tertiary/aromatic N) is 6. The molecule has 3 saturated heterocycles. The minimum absolute atomic E-state index is 0.0173. The SMILES string of the molecule is CC(Oc1nc(N2CCC3(CCN3C(=O)C3CC3(F)F)C2)c2cc(Cl)c(-c3ccc(F)c4sc(N)c(C#N)c34)c(F)c2n1)[C@@H]1CCCN1C. The molecule has 2 aromatic carbocycles. The van der Waals surface area contributed by atoms with E-state index in [1.54, 1.807) is 11.0 Å². The number of carbonyl (C=O) groups excluding carboxylic acids is 1. The number of anilines is 2. The van der Waals surface area contributed by atoms with Gasteiger partial charge in [-0.2, -0.15) is 15.2 Å². The Hall–Kier alpha value is -3.93. The van der Waals surface area contributed by atoms with Crippen molar-refractivity contribution in [1.29, 1.82) is 5.26 Å². The number of thiophene rings is 1. The van der Waals surface area contributed by atoms with E-state index in [1.807, 2.05) is 24.9 Å². The van der Waals surface area contributed by atoms with Crippen molar-refractivity contribution in [2.75, 3.05) is 43.9 Å². The van der Waals surface area contributed by atoms with Crippen LogP contribution in [0.15, 0.2) is 18.2 Å². The lowest BCUT2D eigenvalue weighted by atomic mass is 9.83. The van der Waals surface area contributed by atoms with Gasteiger partial charge in [-0.1, -0.05) is 17.7 Å². The summed E-state index contributed by atoms with van der Waals surface area (Å²) in [5, 5.41) is 10.4. The predicted octanol–water partition coefficient (Wildman–Crippen LogP) is 6.59. The summed E-state index contributed by atoms with van der Waals surface area (Å²) in [5.41, 5.74) is 5.47. The number of benzene rings is 2. The van der Waals surface area contributed by atoms with Crippen molar-refractivity contribution in [2.24, 2.45) is 5.92 Å². The molecule has 1 saturated carbocycles. The Kier molecular flexibility index (Phi) is 7.44. The summed E-state index contributed by atoms with van der Waals surface area (Å²) in [7, 11) is 2.02. The molecule has 9 nitrogen and oxygen atoms in total. The highest BCUT2D eigenvalue weighted by atomic mass is 35.5. The van der Waals surface area contributed by atoms with Crippen LogP contribution in [0.3, 0.4) is 0 Å². The van der Waals surface area contributed by atoms with Crippen molar-refractivity contribution in [3.05, 3.63) is 40.4 Å². The largest absolute Gasteiger partial charge is 0.459 e. The van der Waals surface area contributed by atoms with E-state index in [0.717, 1.165) is 30.7 Å². The fraction of sp³-hybridized carbons (Fsp3) is 0.471. The minimum atomic E-state index is -2.96. The van der Waals surface area contributed by atoms with Crippen LogP contribution >= 0.6 is 22.9 Å². The molecule has 4 atom stereocenters. The molecule has 5 heterocycles. The highest BCUT2D eigenvalue weighted by Crippen LogP contribution is 2.53. The normalized spacial score (nSPS) is 25.3. The predicted molar refractivity (Wildman–Crippen MR) is 179 cm³/mol. The fourth-order valence-electron chi connectivity index (χ4n) is 8.00. The Balaban J connectivity index is 1.24. The number of ether oxygens (including phenoxy) is 1. The Bertz CT molecular complexity index is 2110. The van der Waals surface area contributed by atoms with Crippen LogP contribution in [0.25, 0.3) is 32.1 Å². The van der Waals surface area contributed by atoms with Crippen molar-refractivity contribution in [1.82, 2.24) is 19.8 Å². The maximum absolute atomic E-state index is 17.0. The maximum Gasteiger partial charge on any atom is 0.319 e. The van der Waals surface area contributed by atoms with Crippen LogP contribution in [-0.2, 0) is 4.79 Å². The van der Waals surface area contributed by atoms with Gasteiger partial charge >= 0.3 is 6.01 Å². The van der Waals surface area contributed by atoms with Crippen LogP contribution < -0.4 is 15.4 Å². The first kappa shape index (κ1) is 32.3. The summed E-state index contributed by atoms with van der Waals surface area (Å²) in [6.45, 7) is 3.97. The number of alkyl halides is 2. The number of nitrogen functional groups attached to an aromatic ring is 1. The van der Waals surface area contributed by atoms with Gasteiger partial charge in [0.15, 0.2) is 5.82 Å². The number of halogens is 5. The molecule has 2 N–H and O–H groups in total. The number of hydrogen-bond donors (Lipinski definition) is 1. The van der Waals surface area contributed by atoms with Crippen LogP contribution in [-0.4, -0.2) is 82.5 Å². The second-order valence-electron chi connectivity index (χ2n) is 13.7. The first-order chi connectivity index (χ1) is 23.3. The summed E-state index contributed by atoms with van der Waals surface area (Å²) in [6.07, 6.45) is 2.34. The van der Waals surface area contributed by atoms with Crippen molar-refractivity contribution in [3.63, 3.8) is 0 Å². The lowest BCUT2D eigenvalue weighted by molar-refractivity contribution is -0.149. The van der Waals surface area contributed by atoms with E-state index in [9.17, 15) is 23.2 Å². The van der Waals surface area contributed by atoms with Crippen LogP contribution in [0, 0.1) is 28.9 Å². The molecule has 3 aliphatic heterocycles. The van der Waals surface area contributed by atoms with Gasteiger partial charge in [0.05, 0.1) is 20.8 Å². The average Bonchev–Trinajstić information content (AvgIpc) is 3.44. The molecule has 4 aromatic rings. The number of hydrogen-bond acceptors (Lipinski definition) is 9. The standard InChI is InChI=1S/C34H32ClF4N7O2S/c1-16(23-4-3-9-44(23)2)48-32-42-27-18(30(43-32)45-10-7-33(15-45)8-11-46(33)31(47)20-13-34(20,38)39)12-21(35)25(26(27)37)17-5-6-22(36)28-24(17)19(14-40)29(41)49-28/h5-6,12,16,20,23H,3-4,7-11,13,15,41H2,1-2H3/t16?,20?,23-,33?/m0/s1. The van der Waals surface area contributed by atoms with Gasteiger partial charge < -0.3 is 20.3 Å². The molecule has 49 heavy (non-hydrogen) atoms. The monoisotopic (exact) mass is 713 g/mol. The zero-order chi connectivity index (χ0) is 34.6. The van der Waals surface area contributed by atoms with Gasteiger partial charge in [0.25, 0.3) is 5.92 Å². The summed E-state index contributed by atoms with van der Waals surface area (Å²) >= 11 is 7.74. The maximum atomic E-state index is 17.0. The number of rotatable bonds is 6. The second kappa shape index (κ2) is 11.3. The number of nitriles is 1. The molecule has 4 aliphatic rings. The molecule has 2 aromatic heterocycles. The Labute approximate surface area is 288 Å². The van der Waals surface area contributed by atoms with Gasteiger partial charge in [0.1, 0.15) is 40.2 Å². The van der Waals surface area contributed by atoms with E-state index < -0.39 is 41.3 Å². The highest BCUT2D eigenvalue weighted by Gasteiger charge is 2.65. The number of aromatic nitrogens is 2. The summed E-state index contributed by atoms with van der Waals surface area (Å²) < 4.78 is 66.0. The molecule has 256 valence electrons.